The Hall–Kier alpha value is 0.0300. The topological polar surface area (TPSA) is 47.6 Å². The molecule has 0 bridgehead atoms. The third-order valence-electron chi connectivity index (χ3n) is 4.49. The number of nitrogens with one attached hydrogen (secondary N) is 1. The fraction of sp³-hybridized carbons (Fsp3) is 1.00. The molecule has 3 fully saturated rings. The minimum atomic E-state index is -0.674. The normalized spacial score (nSPS) is 34.1. The van der Waals surface area contributed by atoms with Gasteiger partial charge in [-0.3, -0.25) is 4.21 Å². The number of hydrogen-bond donors (Lipinski definition) is 1. The molecule has 3 rings (SSSR count). The average Bonchev–Trinajstić information content (AvgIpc) is 2.34. The van der Waals surface area contributed by atoms with Gasteiger partial charge in [0.25, 0.3) is 0 Å². The molecule has 2 unspecified atom stereocenters. The number of ether oxygens (including phenoxy) is 2. The summed E-state index contributed by atoms with van der Waals surface area (Å²) in [6, 6.07) is 0. The molecule has 104 valence electrons. The summed E-state index contributed by atoms with van der Waals surface area (Å²) >= 11 is 0. The van der Waals surface area contributed by atoms with Gasteiger partial charge in [-0.25, -0.2) is 0 Å². The largest absolute Gasteiger partial charge is 0.381 e. The molecule has 1 N–H and O–H groups in total. The molecule has 3 saturated heterocycles. The highest BCUT2D eigenvalue weighted by Gasteiger charge is 2.41. The molecule has 0 radical (unpaired) electrons. The summed E-state index contributed by atoms with van der Waals surface area (Å²) in [5.41, 5.74) is -0.0192. The lowest BCUT2D eigenvalue weighted by molar-refractivity contribution is -0.131. The maximum atomic E-state index is 12.4. The van der Waals surface area contributed by atoms with Crippen LogP contribution in [-0.2, 0) is 20.3 Å². The molecule has 4 nitrogen and oxygen atoms in total. The first-order valence-corrected chi connectivity index (χ1v) is 8.45. The third kappa shape index (κ3) is 2.79. The lowest BCUT2D eigenvalue weighted by Crippen LogP contribution is -2.49. The van der Waals surface area contributed by atoms with Crippen LogP contribution in [0.15, 0.2) is 0 Å². The fourth-order valence-electron chi connectivity index (χ4n) is 3.13. The highest BCUT2D eigenvalue weighted by Crippen LogP contribution is 2.36. The first kappa shape index (κ1) is 13.0. The van der Waals surface area contributed by atoms with Gasteiger partial charge in [0.15, 0.2) is 0 Å². The van der Waals surface area contributed by atoms with Crippen molar-refractivity contribution in [3.05, 3.63) is 0 Å². The first-order valence-electron chi connectivity index (χ1n) is 7.07. The molecule has 0 aromatic carbocycles. The smallest absolute Gasteiger partial charge is 0.0737 e. The molecule has 3 heterocycles. The Morgan fingerprint density at radius 3 is 2.67 bits per heavy atom. The molecular weight excluding hydrogens is 250 g/mol. The fourth-order valence-corrected chi connectivity index (χ4v) is 4.95. The molecule has 0 saturated carbocycles. The molecule has 0 aromatic rings. The van der Waals surface area contributed by atoms with Crippen LogP contribution in [0.5, 0.6) is 0 Å². The third-order valence-corrected chi connectivity index (χ3v) is 6.44. The summed E-state index contributed by atoms with van der Waals surface area (Å²) in [5, 5.41) is 3.60. The Bertz CT molecular complexity index is 308. The van der Waals surface area contributed by atoms with E-state index in [1.165, 1.54) is 0 Å². The van der Waals surface area contributed by atoms with Gasteiger partial charge in [-0.05, 0) is 31.6 Å². The summed E-state index contributed by atoms with van der Waals surface area (Å²) in [6.07, 6.45) is 3.90. The van der Waals surface area contributed by atoms with Crippen molar-refractivity contribution < 1.29 is 13.7 Å². The highest BCUT2D eigenvalue weighted by atomic mass is 32.2. The van der Waals surface area contributed by atoms with E-state index in [9.17, 15) is 4.21 Å². The van der Waals surface area contributed by atoms with E-state index < -0.39 is 10.8 Å². The van der Waals surface area contributed by atoms with E-state index in [1.54, 1.807) is 0 Å². The van der Waals surface area contributed by atoms with Crippen molar-refractivity contribution in [2.24, 2.45) is 5.92 Å². The van der Waals surface area contributed by atoms with Crippen LogP contribution >= 0.6 is 0 Å². The van der Waals surface area contributed by atoms with Gasteiger partial charge in [0.05, 0.1) is 5.60 Å². The van der Waals surface area contributed by atoms with Crippen LogP contribution in [0, 0.1) is 5.92 Å². The molecule has 1 spiro atoms. The van der Waals surface area contributed by atoms with Crippen molar-refractivity contribution in [3.8, 4) is 0 Å². The quantitative estimate of drug-likeness (QED) is 0.821. The minimum Gasteiger partial charge on any atom is -0.381 e. The van der Waals surface area contributed by atoms with E-state index >= 15 is 0 Å². The van der Waals surface area contributed by atoms with Crippen LogP contribution < -0.4 is 5.32 Å². The second kappa shape index (κ2) is 5.57. The van der Waals surface area contributed by atoms with Crippen molar-refractivity contribution in [1.82, 2.24) is 5.32 Å². The summed E-state index contributed by atoms with van der Waals surface area (Å²) in [4.78, 5) is 0. The lowest BCUT2D eigenvalue weighted by atomic mass is 9.86. The molecule has 3 aliphatic heterocycles. The predicted molar refractivity (Wildman–Crippen MR) is 71.1 cm³/mol. The van der Waals surface area contributed by atoms with Crippen molar-refractivity contribution in [1.29, 1.82) is 0 Å². The maximum absolute atomic E-state index is 12.4. The SMILES string of the molecule is O=S(CC1CNC1)C1CCOC2(CCOCC2)C1. The molecule has 5 heteroatoms. The highest BCUT2D eigenvalue weighted by molar-refractivity contribution is 7.85. The van der Waals surface area contributed by atoms with Crippen molar-refractivity contribution >= 4 is 10.8 Å². The zero-order chi connectivity index (χ0) is 12.4. The Labute approximate surface area is 111 Å². The van der Waals surface area contributed by atoms with E-state index in [4.69, 9.17) is 9.47 Å². The van der Waals surface area contributed by atoms with Gasteiger partial charge < -0.3 is 14.8 Å². The molecule has 0 aliphatic carbocycles. The monoisotopic (exact) mass is 273 g/mol. The van der Waals surface area contributed by atoms with E-state index in [1.807, 2.05) is 0 Å². The van der Waals surface area contributed by atoms with Crippen LogP contribution in [0.25, 0.3) is 0 Å². The number of hydrogen-bond acceptors (Lipinski definition) is 4. The van der Waals surface area contributed by atoms with Gasteiger partial charge in [0.2, 0.25) is 0 Å². The Balaban J connectivity index is 1.56. The van der Waals surface area contributed by atoms with Crippen LogP contribution in [0.1, 0.15) is 25.7 Å². The Morgan fingerprint density at radius 2 is 2.00 bits per heavy atom. The van der Waals surface area contributed by atoms with Crippen molar-refractivity contribution in [3.63, 3.8) is 0 Å². The molecule has 18 heavy (non-hydrogen) atoms. The van der Waals surface area contributed by atoms with Crippen LogP contribution in [0.4, 0.5) is 0 Å². The van der Waals surface area contributed by atoms with Crippen LogP contribution in [-0.4, -0.2) is 53.7 Å². The summed E-state index contributed by atoms with van der Waals surface area (Å²) in [5.74, 6) is 1.52. The van der Waals surface area contributed by atoms with Crippen molar-refractivity contribution in [2.75, 3.05) is 38.7 Å². The average molecular weight is 273 g/mol. The molecule has 0 aromatic heterocycles. The van der Waals surface area contributed by atoms with Gasteiger partial charge in [-0.15, -0.1) is 0 Å². The first-order chi connectivity index (χ1) is 8.77. The second-order valence-electron chi connectivity index (χ2n) is 5.83. The maximum Gasteiger partial charge on any atom is 0.0737 e. The second-order valence-corrected chi connectivity index (χ2v) is 7.59. The molecule has 2 atom stereocenters. The molecule has 3 aliphatic rings. The zero-order valence-electron chi connectivity index (χ0n) is 10.9. The van der Waals surface area contributed by atoms with Gasteiger partial charge in [0, 0.05) is 54.7 Å². The molecular formula is C13H23NO3S. The summed E-state index contributed by atoms with van der Waals surface area (Å²) in [7, 11) is -0.674. The predicted octanol–water partition coefficient (Wildman–Crippen LogP) is 0.683. The zero-order valence-corrected chi connectivity index (χ0v) is 11.7. The minimum absolute atomic E-state index is 0.0192. The summed E-state index contributed by atoms with van der Waals surface area (Å²) in [6.45, 7) is 4.47. The van der Waals surface area contributed by atoms with Gasteiger partial charge >= 0.3 is 0 Å². The van der Waals surface area contributed by atoms with Gasteiger partial charge in [-0.1, -0.05) is 0 Å². The van der Waals surface area contributed by atoms with E-state index in [0.717, 1.165) is 64.3 Å². The van der Waals surface area contributed by atoms with E-state index in [2.05, 4.69) is 5.32 Å². The summed E-state index contributed by atoms with van der Waals surface area (Å²) < 4.78 is 23.8. The van der Waals surface area contributed by atoms with Gasteiger partial charge in [0.1, 0.15) is 0 Å². The van der Waals surface area contributed by atoms with E-state index in [0.29, 0.717) is 11.2 Å². The number of rotatable bonds is 3. The standard InChI is InChI=1S/C13H23NO3S/c15-18(10-11-8-14-9-11)12-1-4-17-13(7-12)2-5-16-6-3-13/h11-12,14H,1-10H2. The van der Waals surface area contributed by atoms with Crippen LogP contribution in [0.3, 0.4) is 0 Å². The Kier molecular flexibility index (Phi) is 4.03. The molecule has 0 amide bonds. The van der Waals surface area contributed by atoms with Crippen molar-refractivity contribution in [2.45, 2.75) is 36.5 Å². The van der Waals surface area contributed by atoms with Crippen LogP contribution in [0.2, 0.25) is 0 Å². The Morgan fingerprint density at radius 1 is 1.22 bits per heavy atom. The lowest BCUT2D eigenvalue weighted by Gasteiger charge is -2.43. The van der Waals surface area contributed by atoms with Gasteiger partial charge in [-0.2, -0.15) is 0 Å². The van der Waals surface area contributed by atoms with E-state index in [-0.39, 0.29) is 5.60 Å².